The summed E-state index contributed by atoms with van der Waals surface area (Å²) in [6.45, 7) is 9.73. The number of rotatable bonds is 6. The van der Waals surface area contributed by atoms with Crippen LogP contribution in [0.1, 0.15) is 73.5 Å². The highest BCUT2D eigenvalue weighted by atomic mass is 127. The van der Waals surface area contributed by atoms with Crippen LogP contribution in [0.5, 0.6) is 0 Å². The third-order valence-corrected chi connectivity index (χ3v) is 6.39. The Bertz CT molecular complexity index is 591. The lowest BCUT2D eigenvalue weighted by molar-refractivity contribution is 0.673. The van der Waals surface area contributed by atoms with Gasteiger partial charge in [0.1, 0.15) is 0 Å². The van der Waals surface area contributed by atoms with Crippen molar-refractivity contribution in [2.75, 3.05) is 0 Å². The van der Waals surface area contributed by atoms with Gasteiger partial charge < -0.3 is 5.32 Å². The average Bonchev–Trinajstić information content (AvgIpc) is 3.05. The van der Waals surface area contributed by atoms with Crippen molar-refractivity contribution in [3.8, 4) is 0 Å². The molecule has 0 amide bonds. The highest BCUT2D eigenvalue weighted by molar-refractivity contribution is 14.0. The van der Waals surface area contributed by atoms with Crippen LogP contribution in [0.15, 0.2) is 16.8 Å². The lowest BCUT2D eigenvalue weighted by Crippen LogP contribution is -2.15. The van der Waals surface area contributed by atoms with Crippen LogP contribution in [0.25, 0.3) is 0 Å². The summed E-state index contributed by atoms with van der Waals surface area (Å²) >= 11 is 9.23. The van der Waals surface area contributed by atoms with E-state index in [9.17, 15) is 0 Å². The highest BCUT2D eigenvalue weighted by Gasteiger charge is 2.20. The largest absolute Gasteiger partial charge is 0.308 e. The van der Waals surface area contributed by atoms with Crippen molar-refractivity contribution in [1.82, 2.24) is 10.3 Å². The first-order valence-corrected chi connectivity index (χ1v) is 10.6. The van der Waals surface area contributed by atoms with Crippen LogP contribution in [-0.2, 0) is 12.4 Å². The molecule has 0 spiro atoms. The number of hydrogen-bond acceptors (Lipinski definition) is 4. The molecule has 0 aliphatic heterocycles. The van der Waals surface area contributed by atoms with Crippen molar-refractivity contribution in [2.24, 2.45) is 0 Å². The number of nitrogens with zero attached hydrogens (tertiary/aromatic N) is 1. The zero-order valence-corrected chi connectivity index (χ0v) is 19.6. The van der Waals surface area contributed by atoms with Gasteiger partial charge in [-0.25, -0.2) is 4.98 Å². The fraction of sp³-hybridized carbons (Fsp3) is 0.611. The molecule has 1 aliphatic carbocycles. The monoisotopic (exact) mass is 498 g/mol. The molecule has 24 heavy (non-hydrogen) atoms. The summed E-state index contributed by atoms with van der Waals surface area (Å²) in [4.78, 5) is 5.99. The minimum absolute atomic E-state index is 0. The van der Waals surface area contributed by atoms with E-state index >= 15 is 0 Å². The van der Waals surface area contributed by atoms with Crippen LogP contribution >= 0.6 is 58.3 Å². The summed E-state index contributed by atoms with van der Waals surface area (Å²) in [5.41, 5.74) is 2.45. The fourth-order valence-corrected chi connectivity index (χ4v) is 3.98. The van der Waals surface area contributed by atoms with Crippen LogP contribution in [0.4, 0.5) is 0 Å². The minimum atomic E-state index is 0. The quantitative estimate of drug-likeness (QED) is 0.352. The Morgan fingerprint density at radius 3 is 2.29 bits per heavy atom. The van der Waals surface area contributed by atoms with Crippen LogP contribution in [0, 0.1) is 0 Å². The first kappa shape index (κ1) is 22.4. The van der Waals surface area contributed by atoms with E-state index in [1.807, 2.05) is 0 Å². The maximum atomic E-state index is 5.65. The zero-order chi connectivity index (χ0) is 16.8. The predicted molar refractivity (Wildman–Crippen MR) is 119 cm³/mol. The summed E-state index contributed by atoms with van der Waals surface area (Å²) < 4.78 is 0. The summed E-state index contributed by atoms with van der Waals surface area (Å²) in [6.07, 6.45) is 2.70. The second kappa shape index (κ2) is 11.1. The van der Waals surface area contributed by atoms with E-state index in [2.05, 4.69) is 54.8 Å². The van der Waals surface area contributed by atoms with Crippen molar-refractivity contribution >= 4 is 58.3 Å². The number of thiophene rings is 1. The van der Waals surface area contributed by atoms with Gasteiger partial charge in [-0.15, -0.1) is 58.3 Å². The van der Waals surface area contributed by atoms with Gasteiger partial charge in [-0.2, -0.15) is 0 Å². The van der Waals surface area contributed by atoms with E-state index in [1.165, 1.54) is 34.0 Å². The maximum Gasteiger partial charge on any atom is 0.0954 e. The van der Waals surface area contributed by atoms with E-state index in [0.29, 0.717) is 17.7 Å². The molecule has 6 heteroatoms. The SMILES string of the molecule is CC(C)c1cc(CCl)cs1.CC(C)c1nc(CNC2CC2)cs1.I. The summed E-state index contributed by atoms with van der Waals surface area (Å²) in [6, 6.07) is 2.96. The molecule has 2 heterocycles. The molecule has 1 fully saturated rings. The van der Waals surface area contributed by atoms with E-state index < -0.39 is 0 Å². The van der Waals surface area contributed by atoms with E-state index in [4.69, 9.17) is 11.6 Å². The molecule has 0 saturated heterocycles. The summed E-state index contributed by atoms with van der Waals surface area (Å²) in [7, 11) is 0. The first-order chi connectivity index (χ1) is 11.0. The van der Waals surface area contributed by atoms with Crippen molar-refractivity contribution in [2.45, 2.75) is 70.8 Å². The lowest BCUT2D eigenvalue weighted by Gasteiger charge is -1.99. The Morgan fingerprint density at radius 1 is 1.17 bits per heavy atom. The topological polar surface area (TPSA) is 24.9 Å². The Balaban J connectivity index is 0.000000238. The number of thiazole rings is 1. The summed E-state index contributed by atoms with van der Waals surface area (Å²) in [5.74, 6) is 1.85. The van der Waals surface area contributed by atoms with Crippen molar-refractivity contribution in [3.63, 3.8) is 0 Å². The van der Waals surface area contributed by atoms with Gasteiger partial charge in [0.15, 0.2) is 0 Å². The Labute approximate surface area is 176 Å². The molecule has 0 atom stereocenters. The van der Waals surface area contributed by atoms with E-state index in [-0.39, 0.29) is 24.0 Å². The fourth-order valence-electron chi connectivity index (χ4n) is 1.97. The molecule has 136 valence electrons. The number of aromatic nitrogens is 1. The zero-order valence-electron chi connectivity index (χ0n) is 14.8. The lowest BCUT2D eigenvalue weighted by atomic mass is 10.2. The van der Waals surface area contributed by atoms with Crippen LogP contribution < -0.4 is 5.32 Å². The second-order valence-electron chi connectivity index (χ2n) is 6.63. The van der Waals surface area contributed by atoms with Gasteiger partial charge in [0.2, 0.25) is 0 Å². The first-order valence-electron chi connectivity index (χ1n) is 8.30. The number of nitrogens with one attached hydrogen (secondary N) is 1. The Morgan fingerprint density at radius 2 is 1.88 bits per heavy atom. The maximum absolute atomic E-state index is 5.65. The van der Waals surface area contributed by atoms with Gasteiger partial charge in [-0.3, -0.25) is 0 Å². The Hall–Kier alpha value is 0.310. The molecule has 0 aromatic carbocycles. The molecular weight excluding hydrogens is 471 g/mol. The van der Waals surface area contributed by atoms with Gasteiger partial charge in [0.25, 0.3) is 0 Å². The molecule has 1 aliphatic rings. The van der Waals surface area contributed by atoms with E-state index in [0.717, 1.165) is 12.6 Å². The van der Waals surface area contributed by atoms with Gasteiger partial charge in [-0.1, -0.05) is 27.7 Å². The Kier molecular flexibility index (Phi) is 10.4. The number of hydrogen-bond donors (Lipinski definition) is 1. The normalized spacial score (nSPS) is 13.6. The van der Waals surface area contributed by atoms with Gasteiger partial charge in [-0.05, 0) is 35.8 Å². The molecule has 2 aromatic heterocycles. The molecule has 0 bridgehead atoms. The van der Waals surface area contributed by atoms with E-state index in [1.54, 1.807) is 22.7 Å². The third-order valence-electron chi connectivity index (χ3n) is 3.61. The highest BCUT2D eigenvalue weighted by Crippen LogP contribution is 2.24. The molecule has 2 aromatic rings. The summed E-state index contributed by atoms with van der Waals surface area (Å²) in [5, 5.41) is 9.02. The van der Waals surface area contributed by atoms with Crippen molar-refractivity contribution in [3.05, 3.63) is 38.0 Å². The number of alkyl halides is 1. The predicted octanol–water partition coefficient (Wildman–Crippen LogP) is 6.75. The van der Waals surface area contributed by atoms with Crippen LogP contribution in [0.3, 0.4) is 0 Å². The van der Waals surface area contributed by atoms with Crippen molar-refractivity contribution in [1.29, 1.82) is 0 Å². The van der Waals surface area contributed by atoms with Crippen molar-refractivity contribution < 1.29 is 0 Å². The third kappa shape index (κ3) is 7.68. The standard InChI is InChI=1S/C10H16N2S.C8H11ClS.HI/c1-7(2)10-12-9(6-13-10)5-11-8-3-4-8;1-6(2)8-3-7(4-9)5-10-8;/h6-8,11H,3-5H2,1-2H3;3,5-6H,4H2,1-2H3;1H. The van der Waals surface area contributed by atoms with Gasteiger partial charge in [0.05, 0.1) is 10.7 Å². The van der Waals surface area contributed by atoms with Gasteiger partial charge >= 0.3 is 0 Å². The number of halogens is 2. The molecule has 3 rings (SSSR count). The molecule has 1 N–H and O–H groups in total. The molecule has 0 unspecified atom stereocenters. The molecular formula is C18H28ClIN2S2. The smallest absolute Gasteiger partial charge is 0.0954 e. The molecule has 2 nitrogen and oxygen atoms in total. The molecule has 0 radical (unpaired) electrons. The second-order valence-corrected chi connectivity index (χ2v) is 8.73. The van der Waals surface area contributed by atoms with Crippen LogP contribution in [0.2, 0.25) is 0 Å². The minimum Gasteiger partial charge on any atom is -0.308 e. The average molecular weight is 499 g/mol. The van der Waals surface area contributed by atoms with Crippen LogP contribution in [-0.4, -0.2) is 11.0 Å². The molecule has 1 saturated carbocycles. The van der Waals surface area contributed by atoms with Gasteiger partial charge in [0, 0.05) is 34.6 Å².